The van der Waals surface area contributed by atoms with Crippen LogP contribution in [-0.2, 0) is 9.84 Å². The summed E-state index contributed by atoms with van der Waals surface area (Å²) in [4.78, 5) is 4.23. The van der Waals surface area contributed by atoms with Crippen molar-refractivity contribution in [2.24, 2.45) is 0 Å². The minimum atomic E-state index is -3.24. The topological polar surface area (TPSA) is 56.3 Å². The Bertz CT molecular complexity index is 451. The first-order valence-corrected chi connectivity index (χ1v) is 5.97. The highest BCUT2D eigenvalue weighted by Gasteiger charge is 2.17. The van der Waals surface area contributed by atoms with Gasteiger partial charge in [-0.15, -0.1) is 0 Å². The second-order valence-electron chi connectivity index (χ2n) is 3.14. The van der Waals surface area contributed by atoms with Crippen LogP contribution >= 0.6 is 0 Å². The zero-order valence-corrected chi connectivity index (χ0v) is 9.47. The first-order valence-electron chi connectivity index (χ1n) is 4.08. The normalized spacial score (nSPS) is 11.4. The molecule has 1 aromatic rings. The fourth-order valence-corrected chi connectivity index (χ4v) is 2.69. The Hall–Kier alpha value is -1.10. The number of sulfone groups is 1. The summed E-state index contributed by atoms with van der Waals surface area (Å²) in [5, 5.41) is 0. The van der Waals surface area contributed by atoms with Crippen LogP contribution in [0.2, 0.25) is 0 Å². The summed E-state index contributed by atoms with van der Waals surface area (Å²) in [5.41, 5.74) is 1.12. The van der Waals surface area contributed by atoms with Crippen LogP contribution < -0.4 is 4.74 Å². The number of pyridine rings is 1. The Balaban J connectivity index is 3.57. The van der Waals surface area contributed by atoms with E-state index in [0.29, 0.717) is 17.0 Å². The van der Waals surface area contributed by atoms with Crippen LogP contribution in [-0.4, -0.2) is 26.8 Å². The molecule has 0 saturated carbocycles. The third-order valence-electron chi connectivity index (χ3n) is 2.00. The van der Waals surface area contributed by atoms with Gasteiger partial charge in [0, 0.05) is 11.8 Å². The van der Waals surface area contributed by atoms with Crippen LogP contribution in [0.5, 0.6) is 5.75 Å². The Labute approximate surface area is 83.8 Å². The van der Waals surface area contributed by atoms with E-state index in [-0.39, 0.29) is 4.90 Å². The van der Waals surface area contributed by atoms with Crippen molar-refractivity contribution in [1.29, 1.82) is 0 Å². The summed E-state index contributed by atoms with van der Waals surface area (Å²) in [5.74, 6) is 0.496. The van der Waals surface area contributed by atoms with Gasteiger partial charge < -0.3 is 4.74 Å². The second-order valence-corrected chi connectivity index (χ2v) is 5.09. The molecule has 0 aliphatic heterocycles. The third-order valence-corrected chi connectivity index (χ3v) is 3.35. The van der Waals surface area contributed by atoms with Gasteiger partial charge in [0.15, 0.2) is 9.84 Å². The average Bonchev–Trinajstić information content (AvgIpc) is 2.02. The maximum absolute atomic E-state index is 11.4. The van der Waals surface area contributed by atoms with Crippen molar-refractivity contribution < 1.29 is 13.2 Å². The predicted octanol–water partition coefficient (Wildman–Crippen LogP) is 1.11. The predicted molar refractivity (Wildman–Crippen MR) is 53.4 cm³/mol. The van der Waals surface area contributed by atoms with Crippen molar-refractivity contribution in [1.82, 2.24) is 4.98 Å². The van der Waals surface area contributed by atoms with E-state index in [1.54, 1.807) is 13.8 Å². The van der Waals surface area contributed by atoms with Crippen LogP contribution in [0.25, 0.3) is 0 Å². The lowest BCUT2D eigenvalue weighted by Crippen LogP contribution is -2.06. The van der Waals surface area contributed by atoms with Gasteiger partial charge in [0.2, 0.25) is 0 Å². The molecule has 1 rings (SSSR count). The van der Waals surface area contributed by atoms with Gasteiger partial charge >= 0.3 is 0 Å². The lowest BCUT2D eigenvalue weighted by Gasteiger charge is -2.10. The lowest BCUT2D eigenvalue weighted by atomic mass is 10.2. The Morgan fingerprint density at radius 1 is 1.36 bits per heavy atom. The molecule has 0 fully saturated rings. The summed E-state index contributed by atoms with van der Waals surface area (Å²) in [6.45, 7) is 3.38. The maximum Gasteiger partial charge on any atom is 0.177 e. The molecule has 0 unspecified atom stereocenters. The summed E-state index contributed by atoms with van der Waals surface area (Å²) in [6.07, 6.45) is 2.70. The number of hydrogen-bond donors (Lipinski definition) is 0. The highest BCUT2D eigenvalue weighted by Crippen LogP contribution is 2.25. The largest absolute Gasteiger partial charge is 0.495 e. The van der Waals surface area contributed by atoms with Crippen molar-refractivity contribution in [3.8, 4) is 5.75 Å². The van der Waals surface area contributed by atoms with Gasteiger partial charge in [-0.2, -0.15) is 0 Å². The molecular formula is C9H13NO3S. The van der Waals surface area contributed by atoms with Crippen molar-refractivity contribution >= 4 is 9.84 Å². The van der Waals surface area contributed by atoms with E-state index in [1.807, 2.05) is 0 Å². The summed E-state index contributed by atoms with van der Waals surface area (Å²) >= 11 is 0. The standard InChI is InChI=1S/C9H13NO3S/c1-6-8(13-3)5-10-7(2)9(6)14(4,11)12/h5H,1-4H3. The van der Waals surface area contributed by atoms with Crippen LogP contribution in [0.4, 0.5) is 0 Å². The number of methoxy groups -OCH3 is 1. The van der Waals surface area contributed by atoms with E-state index >= 15 is 0 Å². The van der Waals surface area contributed by atoms with E-state index in [2.05, 4.69) is 4.98 Å². The molecule has 0 aliphatic carbocycles. The molecule has 0 aliphatic rings. The molecule has 0 saturated heterocycles. The monoisotopic (exact) mass is 215 g/mol. The quantitative estimate of drug-likeness (QED) is 0.741. The minimum Gasteiger partial charge on any atom is -0.495 e. The van der Waals surface area contributed by atoms with Crippen LogP contribution in [0.15, 0.2) is 11.1 Å². The molecule has 0 aromatic carbocycles. The zero-order chi connectivity index (χ0) is 10.9. The molecule has 0 radical (unpaired) electrons. The third kappa shape index (κ3) is 1.87. The Morgan fingerprint density at radius 3 is 2.36 bits per heavy atom. The molecule has 5 heteroatoms. The van der Waals surface area contributed by atoms with Crippen molar-refractivity contribution in [3.63, 3.8) is 0 Å². The van der Waals surface area contributed by atoms with E-state index in [0.717, 1.165) is 0 Å². The fourth-order valence-electron chi connectivity index (χ4n) is 1.45. The number of hydrogen-bond acceptors (Lipinski definition) is 4. The number of ether oxygens (including phenoxy) is 1. The molecule has 0 spiro atoms. The highest BCUT2D eigenvalue weighted by atomic mass is 32.2. The molecule has 78 valence electrons. The molecular weight excluding hydrogens is 202 g/mol. The van der Waals surface area contributed by atoms with Gasteiger partial charge in [-0.1, -0.05) is 0 Å². The lowest BCUT2D eigenvalue weighted by molar-refractivity contribution is 0.407. The fraction of sp³-hybridized carbons (Fsp3) is 0.444. The molecule has 1 aromatic heterocycles. The van der Waals surface area contributed by atoms with Gasteiger partial charge in [0.25, 0.3) is 0 Å². The van der Waals surface area contributed by atoms with Gasteiger partial charge in [-0.05, 0) is 13.8 Å². The smallest absolute Gasteiger partial charge is 0.177 e. The summed E-state index contributed by atoms with van der Waals surface area (Å²) in [6, 6.07) is 0. The number of aromatic nitrogens is 1. The first kappa shape index (κ1) is 11.0. The van der Waals surface area contributed by atoms with Gasteiger partial charge in [0.05, 0.1) is 23.9 Å². The minimum absolute atomic E-state index is 0.261. The first-order chi connectivity index (χ1) is 6.38. The second kappa shape index (κ2) is 3.57. The summed E-state index contributed by atoms with van der Waals surface area (Å²) < 4.78 is 27.9. The molecule has 0 bridgehead atoms. The van der Waals surface area contributed by atoms with E-state index in [1.165, 1.54) is 19.6 Å². The average molecular weight is 215 g/mol. The Morgan fingerprint density at radius 2 is 1.93 bits per heavy atom. The van der Waals surface area contributed by atoms with E-state index < -0.39 is 9.84 Å². The van der Waals surface area contributed by atoms with Gasteiger partial charge in [-0.3, -0.25) is 4.98 Å². The van der Waals surface area contributed by atoms with Crippen LogP contribution in [0.1, 0.15) is 11.3 Å². The molecule has 0 amide bonds. The Kier molecular flexibility index (Phi) is 2.80. The SMILES string of the molecule is COc1cnc(C)c(S(C)(=O)=O)c1C. The van der Waals surface area contributed by atoms with Crippen molar-refractivity contribution in [2.75, 3.05) is 13.4 Å². The molecule has 4 nitrogen and oxygen atoms in total. The molecule has 14 heavy (non-hydrogen) atoms. The number of aryl methyl sites for hydroxylation is 1. The number of nitrogens with zero attached hydrogens (tertiary/aromatic N) is 1. The highest BCUT2D eigenvalue weighted by molar-refractivity contribution is 7.90. The van der Waals surface area contributed by atoms with Crippen LogP contribution in [0.3, 0.4) is 0 Å². The molecule has 1 heterocycles. The van der Waals surface area contributed by atoms with Gasteiger partial charge in [-0.25, -0.2) is 8.42 Å². The van der Waals surface area contributed by atoms with Crippen molar-refractivity contribution in [3.05, 3.63) is 17.5 Å². The van der Waals surface area contributed by atoms with Crippen molar-refractivity contribution in [2.45, 2.75) is 18.7 Å². The van der Waals surface area contributed by atoms with E-state index in [9.17, 15) is 8.42 Å². The maximum atomic E-state index is 11.4. The van der Waals surface area contributed by atoms with E-state index in [4.69, 9.17) is 4.74 Å². The molecule has 0 atom stereocenters. The number of rotatable bonds is 2. The van der Waals surface area contributed by atoms with Gasteiger partial charge in [0.1, 0.15) is 5.75 Å². The molecule has 0 N–H and O–H groups in total. The zero-order valence-electron chi connectivity index (χ0n) is 8.66. The van der Waals surface area contributed by atoms with Crippen LogP contribution in [0, 0.1) is 13.8 Å². The summed E-state index contributed by atoms with van der Waals surface area (Å²) in [7, 11) is -1.75.